The molecule has 0 heterocycles. The molecule has 4 heteroatoms. The number of rotatable bonds is 3. The molecule has 0 aromatic heterocycles. The number of benzene rings is 1. The van der Waals surface area contributed by atoms with Gasteiger partial charge in [-0.05, 0) is 38.5 Å². The topological polar surface area (TPSA) is 60.8 Å². The third-order valence-corrected chi connectivity index (χ3v) is 3.47. The Bertz CT molecular complexity index is 553. The van der Waals surface area contributed by atoms with Crippen molar-refractivity contribution in [2.75, 3.05) is 20.3 Å². The lowest BCUT2D eigenvalue weighted by Gasteiger charge is -2.34. The van der Waals surface area contributed by atoms with Gasteiger partial charge in [0, 0.05) is 18.2 Å². The van der Waals surface area contributed by atoms with Gasteiger partial charge in [-0.1, -0.05) is 17.9 Å². The fraction of sp³-hybridized carbons (Fsp3) is 0.438. The minimum absolute atomic E-state index is 0.113. The largest absolute Gasteiger partial charge is 0.394 e. The zero-order chi connectivity index (χ0) is 15.3. The molecule has 0 saturated carbocycles. The highest BCUT2D eigenvalue weighted by molar-refractivity contribution is 5.96. The van der Waals surface area contributed by atoms with Gasteiger partial charge in [0.1, 0.15) is 6.61 Å². The van der Waals surface area contributed by atoms with E-state index in [0.29, 0.717) is 5.56 Å². The first-order chi connectivity index (χ1) is 9.35. The molecule has 1 rings (SSSR count). The maximum atomic E-state index is 12.5. The van der Waals surface area contributed by atoms with Gasteiger partial charge < -0.3 is 15.1 Å². The lowest BCUT2D eigenvalue weighted by molar-refractivity contribution is 0.0472. The first-order valence-electron chi connectivity index (χ1n) is 6.43. The van der Waals surface area contributed by atoms with E-state index in [1.54, 1.807) is 33.0 Å². The van der Waals surface area contributed by atoms with Gasteiger partial charge in [0.15, 0.2) is 0 Å². The highest BCUT2D eigenvalue weighted by Gasteiger charge is 2.28. The smallest absolute Gasteiger partial charge is 0.254 e. The summed E-state index contributed by atoms with van der Waals surface area (Å²) in [4.78, 5) is 14.0. The summed E-state index contributed by atoms with van der Waals surface area (Å²) in [6.07, 6.45) is 0. The molecule has 20 heavy (non-hydrogen) atoms. The van der Waals surface area contributed by atoms with Crippen LogP contribution >= 0.6 is 0 Å². The van der Waals surface area contributed by atoms with Gasteiger partial charge in [0.05, 0.1) is 12.1 Å². The lowest BCUT2D eigenvalue weighted by atomic mass is 9.98. The summed E-state index contributed by atoms with van der Waals surface area (Å²) < 4.78 is 0. The van der Waals surface area contributed by atoms with Crippen LogP contribution in [0.4, 0.5) is 0 Å². The maximum Gasteiger partial charge on any atom is 0.254 e. The van der Waals surface area contributed by atoms with Crippen LogP contribution in [0.2, 0.25) is 0 Å². The Hall–Kier alpha value is -1.83. The van der Waals surface area contributed by atoms with E-state index in [9.17, 15) is 9.90 Å². The molecule has 0 fully saturated rings. The molecule has 0 atom stereocenters. The highest BCUT2D eigenvalue weighted by atomic mass is 16.3. The maximum absolute atomic E-state index is 12.5. The van der Waals surface area contributed by atoms with Gasteiger partial charge in [-0.2, -0.15) is 0 Å². The number of amides is 1. The van der Waals surface area contributed by atoms with Gasteiger partial charge in [-0.25, -0.2) is 0 Å². The lowest BCUT2D eigenvalue weighted by Crippen LogP contribution is -2.47. The van der Waals surface area contributed by atoms with Crippen molar-refractivity contribution in [1.82, 2.24) is 4.90 Å². The number of likely N-dealkylation sites (N-methyl/N-ethyl adjacent to an activating group) is 1. The van der Waals surface area contributed by atoms with Crippen molar-refractivity contribution in [2.24, 2.45) is 0 Å². The second-order valence-electron chi connectivity index (χ2n) is 5.27. The van der Waals surface area contributed by atoms with Gasteiger partial charge in [-0.3, -0.25) is 4.79 Å². The van der Waals surface area contributed by atoms with E-state index in [1.807, 2.05) is 13.0 Å². The molecule has 0 aliphatic carbocycles. The summed E-state index contributed by atoms with van der Waals surface area (Å²) in [6, 6.07) is 5.32. The third kappa shape index (κ3) is 3.38. The predicted molar refractivity (Wildman–Crippen MR) is 78.4 cm³/mol. The molecule has 2 N–H and O–H groups in total. The van der Waals surface area contributed by atoms with Crippen molar-refractivity contribution >= 4 is 5.91 Å². The Kier molecular flexibility index (Phi) is 5.32. The van der Waals surface area contributed by atoms with Gasteiger partial charge in [0.25, 0.3) is 5.91 Å². The van der Waals surface area contributed by atoms with Crippen molar-refractivity contribution in [1.29, 1.82) is 0 Å². The molecule has 0 radical (unpaired) electrons. The quantitative estimate of drug-likeness (QED) is 0.814. The Morgan fingerprint density at radius 3 is 2.55 bits per heavy atom. The molecule has 0 spiro atoms. The van der Waals surface area contributed by atoms with Gasteiger partial charge in [0.2, 0.25) is 0 Å². The fourth-order valence-electron chi connectivity index (χ4n) is 1.70. The second kappa shape index (κ2) is 6.56. The summed E-state index contributed by atoms with van der Waals surface area (Å²) in [7, 11) is 1.67. The number of aliphatic hydroxyl groups excluding tert-OH is 2. The Labute approximate surface area is 120 Å². The average molecular weight is 275 g/mol. The molecular formula is C16H21NO3. The first kappa shape index (κ1) is 16.2. The summed E-state index contributed by atoms with van der Waals surface area (Å²) >= 11 is 0. The number of nitrogens with zero attached hydrogens (tertiary/aromatic N) is 1. The monoisotopic (exact) mass is 275 g/mol. The molecule has 108 valence electrons. The van der Waals surface area contributed by atoms with E-state index in [2.05, 4.69) is 11.8 Å². The van der Waals surface area contributed by atoms with E-state index in [1.165, 1.54) is 4.90 Å². The minimum Gasteiger partial charge on any atom is -0.394 e. The van der Waals surface area contributed by atoms with Gasteiger partial charge >= 0.3 is 0 Å². The normalized spacial score (nSPS) is 10.7. The SMILES string of the molecule is Cc1c(C#CCO)cccc1C(=O)N(C)C(C)(C)CO. The van der Waals surface area contributed by atoms with Crippen LogP contribution in [0, 0.1) is 18.8 Å². The van der Waals surface area contributed by atoms with Crippen molar-refractivity contribution < 1.29 is 15.0 Å². The van der Waals surface area contributed by atoms with Crippen LogP contribution in [0.25, 0.3) is 0 Å². The standard InChI is InChI=1S/C16H21NO3/c1-12-13(8-6-10-18)7-5-9-14(12)15(20)17(4)16(2,3)11-19/h5,7,9,18-19H,10-11H2,1-4H3. The third-order valence-electron chi connectivity index (χ3n) is 3.47. The second-order valence-corrected chi connectivity index (χ2v) is 5.27. The Morgan fingerprint density at radius 2 is 2.00 bits per heavy atom. The van der Waals surface area contributed by atoms with Gasteiger partial charge in [-0.15, -0.1) is 0 Å². The predicted octanol–water partition coefficient (Wildman–Crippen LogP) is 1.18. The van der Waals surface area contributed by atoms with Crippen molar-refractivity contribution in [3.8, 4) is 11.8 Å². The summed E-state index contributed by atoms with van der Waals surface area (Å²) in [5.41, 5.74) is 1.42. The number of hydrogen-bond donors (Lipinski definition) is 2. The number of carbonyl (C=O) groups excluding carboxylic acids is 1. The van der Waals surface area contributed by atoms with Crippen molar-refractivity contribution in [3.63, 3.8) is 0 Å². The van der Waals surface area contributed by atoms with Crippen LogP contribution in [-0.2, 0) is 0 Å². The van der Waals surface area contributed by atoms with E-state index in [0.717, 1.165) is 11.1 Å². The number of aliphatic hydroxyl groups is 2. The Morgan fingerprint density at radius 1 is 1.35 bits per heavy atom. The van der Waals surface area contributed by atoms with Crippen LogP contribution in [-0.4, -0.2) is 46.8 Å². The molecule has 0 saturated heterocycles. The van der Waals surface area contributed by atoms with Crippen LogP contribution in [0.1, 0.15) is 35.3 Å². The van der Waals surface area contributed by atoms with Crippen molar-refractivity contribution in [2.45, 2.75) is 26.3 Å². The van der Waals surface area contributed by atoms with Crippen LogP contribution in [0.3, 0.4) is 0 Å². The molecule has 0 aliphatic rings. The van der Waals surface area contributed by atoms with Crippen LogP contribution in [0.5, 0.6) is 0 Å². The van der Waals surface area contributed by atoms with E-state index in [4.69, 9.17) is 5.11 Å². The summed E-state index contributed by atoms with van der Waals surface area (Å²) in [5, 5.41) is 18.1. The zero-order valence-corrected chi connectivity index (χ0v) is 12.4. The molecule has 4 nitrogen and oxygen atoms in total. The summed E-state index contributed by atoms with van der Waals surface area (Å²) in [6.45, 7) is 5.10. The summed E-state index contributed by atoms with van der Waals surface area (Å²) in [5.74, 6) is 5.25. The molecule has 1 aromatic carbocycles. The number of carbonyl (C=O) groups is 1. The first-order valence-corrected chi connectivity index (χ1v) is 6.43. The van der Waals surface area contributed by atoms with E-state index >= 15 is 0 Å². The molecule has 1 amide bonds. The highest BCUT2D eigenvalue weighted by Crippen LogP contribution is 2.19. The van der Waals surface area contributed by atoms with Crippen LogP contribution in [0.15, 0.2) is 18.2 Å². The Balaban J connectivity index is 3.18. The van der Waals surface area contributed by atoms with Crippen LogP contribution < -0.4 is 0 Å². The van der Waals surface area contributed by atoms with E-state index in [-0.39, 0.29) is 19.1 Å². The molecule has 1 aromatic rings. The number of hydrogen-bond acceptors (Lipinski definition) is 3. The zero-order valence-electron chi connectivity index (χ0n) is 12.4. The molecule has 0 bridgehead atoms. The van der Waals surface area contributed by atoms with Crippen molar-refractivity contribution in [3.05, 3.63) is 34.9 Å². The molecule has 0 unspecified atom stereocenters. The average Bonchev–Trinajstić information content (AvgIpc) is 2.44. The molecule has 0 aliphatic heterocycles. The fourth-order valence-corrected chi connectivity index (χ4v) is 1.70. The minimum atomic E-state index is -0.629. The van der Waals surface area contributed by atoms with E-state index < -0.39 is 5.54 Å². The molecular weight excluding hydrogens is 254 g/mol.